The van der Waals surface area contributed by atoms with Crippen LogP contribution in [0.2, 0.25) is 0 Å². The maximum absolute atomic E-state index is 12.6. The van der Waals surface area contributed by atoms with Crippen LogP contribution in [0, 0.1) is 5.92 Å². The SMILES string of the molecule is NC(=O)C1CCCN(Cc2cccc(CNC(=O)c3c[nH]c4cccnc34)c2)C1. The van der Waals surface area contributed by atoms with Gasteiger partial charge in [0.2, 0.25) is 5.91 Å². The summed E-state index contributed by atoms with van der Waals surface area (Å²) in [5.74, 6) is -0.422. The largest absolute Gasteiger partial charge is 0.369 e. The number of amides is 2. The second-order valence-electron chi connectivity index (χ2n) is 7.58. The third kappa shape index (κ3) is 4.46. The minimum Gasteiger partial charge on any atom is -0.369 e. The van der Waals surface area contributed by atoms with Gasteiger partial charge < -0.3 is 16.0 Å². The molecule has 4 rings (SSSR count). The lowest BCUT2D eigenvalue weighted by molar-refractivity contribution is -0.123. The minimum atomic E-state index is -0.210. The van der Waals surface area contributed by atoms with Crippen molar-refractivity contribution < 1.29 is 9.59 Å². The van der Waals surface area contributed by atoms with Gasteiger partial charge in [-0.25, -0.2) is 0 Å². The van der Waals surface area contributed by atoms with Gasteiger partial charge in [-0.15, -0.1) is 0 Å². The number of likely N-dealkylation sites (tertiary alicyclic amines) is 1. The molecule has 0 bridgehead atoms. The van der Waals surface area contributed by atoms with E-state index in [1.165, 1.54) is 0 Å². The van der Waals surface area contributed by atoms with Crippen LogP contribution in [0.5, 0.6) is 0 Å². The molecule has 0 radical (unpaired) electrons. The van der Waals surface area contributed by atoms with E-state index in [4.69, 9.17) is 5.73 Å². The number of nitrogens with one attached hydrogen (secondary N) is 2. The monoisotopic (exact) mass is 391 g/mol. The molecule has 7 nitrogen and oxygen atoms in total. The van der Waals surface area contributed by atoms with Crippen LogP contribution in [0.4, 0.5) is 0 Å². The predicted molar refractivity (Wildman–Crippen MR) is 111 cm³/mol. The third-order valence-electron chi connectivity index (χ3n) is 5.44. The van der Waals surface area contributed by atoms with Gasteiger partial charge in [0.1, 0.15) is 5.52 Å². The number of nitrogens with zero attached hydrogens (tertiary/aromatic N) is 2. The number of carbonyl (C=O) groups is 2. The summed E-state index contributed by atoms with van der Waals surface area (Å²) in [5.41, 5.74) is 9.74. The molecule has 2 aromatic heterocycles. The van der Waals surface area contributed by atoms with Gasteiger partial charge in [0.25, 0.3) is 5.91 Å². The Hall–Kier alpha value is -3.19. The third-order valence-corrected chi connectivity index (χ3v) is 5.44. The quantitative estimate of drug-likeness (QED) is 0.599. The van der Waals surface area contributed by atoms with Gasteiger partial charge in [0.05, 0.1) is 17.0 Å². The Bertz CT molecular complexity index is 1030. The smallest absolute Gasteiger partial charge is 0.255 e. The normalized spacial score (nSPS) is 17.3. The number of hydrogen-bond donors (Lipinski definition) is 3. The topological polar surface area (TPSA) is 104 Å². The first kappa shape index (κ1) is 19.1. The summed E-state index contributed by atoms with van der Waals surface area (Å²) in [5, 5.41) is 2.97. The Balaban J connectivity index is 1.37. The van der Waals surface area contributed by atoms with Gasteiger partial charge in [0.15, 0.2) is 0 Å². The van der Waals surface area contributed by atoms with Crippen molar-refractivity contribution in [2.24, 2.45) is 11.7 Å². The van der Waals surface area contributed by atoms with Gasteiger partial charge in [-0.2, -0.15) is 0 Å². The van der Waals surface area contributed by atoms with Crippen LogP contribution in [0.3, 0.4) is 0 Å². The lowest BCUT2D eigenvalue weighted by atomic mass is 9.97. The molecule has 3 aromatic rings. The molecule has 4 N–H and O–H groups in total. The van der Waals surface area contributed by atoms with Crippen molar-refractivity contribution in [3.8, 4) is 0 Å². The summed E-state index contributed by atoms with van der Waals surface area (Å²) in [4.78, 5) is 33.7. The number of rotatable bonds is 6. The Morgan fingerprint density at radius 1 is 1.24 bits per heavy atom. The summed E-state index contributed by atoms with van der Waals surface area (Å²) in [7, 11) is 0. The molecule has 1 saturated heterocycles. The van der Waals surface area contributed by atoms with Crippen molar-refractivity contribution in [1.82, 2.24) is 20.2 Å². The Kier molecular flexibility index (Phi) is 5.57. The highest BCUT2D eigenvalue weighted by molar-refractivity contribution is 6.05. The van der Waals surface area contributed by atoms with Gasteiger partial charge in [-0.3, -0.25) is 19.5 Å². The van der Waals surface area contributed by atoms with Crippen LogP contribution in [-0.2, 0) is 17.9 Å². The number of hydrogen-bond acceptors (Lipinski definition) is 4. The minimum absolute atomic E-state index is 0.0593. The predicted octanol–water partition coefficient (Wildman–Crippen LogP) is 2.19. The molecule has 1 unspecified atom stereocenters. The Morgan fingerprint density at radius 2 is 2.10 bits per heavy atom. The number of aromatic amines is 1. The molecule has 1 fully saturated rings. The van der Waals surface area contributed by atoms with Crippen LogP contribution in [0.1, 0.15) is 34.3 Å². The van der Waals surface area contributed by atoms with Crippen LogP contribution in [-0.4, -0.2) is 39.8 Å². The average Bonchev–Trinajstić information content (AvgIpc) is 3.17. The summed E-state index contributed by atoms with van der Waals surface area (Å²) in [6.07, 6.45) is 5.23. The van der Waals surface area contributed by atoms with Gasteiger partial charge in [-0.1, -0.05) is 24.3 Å². The maximum atomic E-state index is 12.6. The molecule has 2 amide bonds. The summed E-state index contributed by atoms with van der Waals surface area (Å²) >= 11 is 0. The van der Waals surface area contributed by atoms with Crippen molar-refractivity contribution in [2.45, 2.75) is 25.9 Å². The number of piperidine rings is 1. The number of pyridine rings is 1. The van der Waals surface area contributed by atoms with E-state index < -0.39 is 0 Å². The highest BCUT2D eigenvalue weighted by Gasteiger charge is 2.23. The molecule has 1 aromatic carbocycles. The number of primary amides is 1. The van der Waals surface area contributed by atoms with E-state index in [1.54, 1.807) is 12.4 Å². The number of fused-ring (bicyclic) bond motifs is 1. The molecular formula is C22H25N5O2. The molecule has 29 heavy (non-hydrogen) atoms. The van der Waals surface area contributed by atoms with Crippen LogP contribution >= 0.6 is 0 Å². The van der Waals surface area contributed by atoms with Crippen molar-refractivity contribution in [3.63, 3.8) is 0 Å². The zero-order valence-corrected chi connectivity index (χ0v) is 16.2. The van der Waals surface area contributed by atoms with Gasteiger partial charge >= 0.3 is 0 Å². The zero-order chi connectivity index (χ0) is 20.2. The first-order valence-electron chi connectivity index (χ1n) is 9.90. The highest BCUT2D eigenvalue weighted by Crippen LogP contribution is 2.19. The first-order chi connectivity index (χ1) is 14.1. The highest BCUT2D eigenvalue weighted by atomic mass is 16.2. The van der Waals surface area contributed by atoms with E-state index in [0.29, 0.717) is 24.2 Å². The van der Waals surface area contributed by atoms with Crippen molar-refractivity contribution >= 4 is 22.8 Å². The molecule has 0 aliphatic carbocycles. The van der Waals surface area contributed by atoms with E-state index in [0.717, 1.165) is 42.6 Å². The van der Waals surface area contributed by atoms with E-state index in [9.17, 15) is 9.59 Å². The molecule has 150 valence electrons. The van der Waals surface area contributed by atoms with Gasteiger partial charge in [-0.05, 0) is 42.6 Å². The van der Waals surface area contributed by atoms with E-state index >= 15 is 0 Å². The average molecular weight is 391 g/mol. The summed E-state index contributed by atoms with van der Waals surface area (Å²) < 4.78 is 0. The number of benzene rings is 1. The van der Waals surface area contributed by atoms with Gasteiger partial charge in [0, 0.05) is 32.0 Å². The molecule has 1 aliphatic heterocycles. The van der Waals surface area contributed by atoms with E-state index in [2.05, 4.69) is 32.3 Å². The zero-order valence-electron chi connectivity index (χ0n) is 16.2. The van der Waals surface area contributed by atoms with Crippen molar-refractivity contribution in [2.75, 3.05) is 13.1 Å². The second-order valence-corrected chi connectivity index (χ2v) is 7.58. The fourth-order valence-electron chi connectivity index (χ4n) is 3.93. The number of carbonyl (C=O) groups excluding carboxylic acids is 2. The molecule has 1 aliphatic rings. The Morgan fingerprint density at radius 3 is 2.97 bits per heavy atom. The van der Waals surface area contributed by atoms with Crippen LogP contribution in [0.25, 0.3) is 11.0 Å². The molecule has 0 saturated carbocycles. The van der Waals surface area contributed by atoms with E-state index in [1.807, 2.05) is 24.3 Å². The molecule has 7 heteroatoms. The number of aromatic nitrogens is 2. The fourth-order valence-corrected chi connectivity index (χ4v) is 3.93. The Labute approximate surface area is 169 Å². The standard InChI is InChI=1S/C22H25N5O2/c23-21(28)17-6-3-9-27(14-17)13-16-5-1-4-15(10-16)11-26-22(29)18-12-25-19-7-2-8-24-20(18)19/h1-2,4-5,7-8,10,12,17,25H,3,6,9,11,13-14H2,(H2,23,28)(H,26,29). The lowest BCUT2D eigenvalue weighted by Crippen LogP contribution is -2.40. The number of H-pyrrole nitrogens is 1. The second kappa shape index (κ2) is 8.45. The molecule has 1 atom stereocenters. The fraction of sp³-hybridized carbons (Fsp3) is 0.318. The van der Waals surface area contributed by atoms with E-state index in [-0.39, 0.29) is 17.7 Å². The molecule has 0 spiro atoms. The van der Waals surface area contributed by atoms with Crippen LogP contribution in [0.15, 0.2) is 48.8 Å². The lowest BCUT2D eigenvalue weighted by Gasteiger charge is -2.31. The molecule has 3 heterocycles. The molecular weight excluding hydrogens is 366 g/mol. The summed E-state index contributed by atoms with van der Waals surface area (Å²) in [6, 6.07) is 11.9. The van der Waals surface area contributed by atoms with Crippen molar-refractivity contribution in [3.05, 3.63) is 65.5 Å². The summed E-state index contributed by atoms with van der Waals surface area (Å²) in [6.45, 7) is 2.90. The number of nitrogens with two attached hydrogens (primary N) is 1. The first-order valence-corrected chi connectivity index (χ1v) is 9.90. The maximum Gasteiger partial charge on any atom is 0.255 e. The van der Waals surface area contributed by atoms with Crippen molar-refractivity contribution in [1.29, 1.82) is 0 Å². The van der Waals surface area contributed by atoms with Crippen LogP contribution < -0.4 is 11.1 Å².